The molecule has 0 fully saturated rings. The molecule has 0 atom stereocenters. The number of benzene rings is 1. The van der Waals surface area contributed by atoms with E-state index < -0.39 is 22.4 Å². The minimum absolute atomic E-state index is 0.0576. The maximum atomic E-state index is 13.7. The van der Waals surface area contributed by atoms with Crippen LogP contribution in [0.1, 0.15) is 16.7 Å². The van der Waals surface area contributed by atoms with Crippen LogP contribution in [-0.2, 0) is 16.6 Å². The van der Waals surface area contributed by atoms with E-state index in [1.165, 1.54) is 19.2 Å². The number of aromatic nitrogens is 1. The second-order valence-electron chi connectivity index (χ2n) is 4.73. The van der Waals surface area contributed by atoms with Crippen LogP contribution in [0.4, 0.5) is 10.1 Å². The van der Waals surface area contributed by atoms with Gasteiger partial charge in [0.05, 0.1) is 23.4 Å². The minimum atomic E-state index is -3.87. The zero-order chi connectivity index (χ0) is 15.6. The van der Waals surface area contributed by atoms with Crippen molar-refractivity contribution in [2.75, 3.05) is 4.72 Å². The number of aliphatic hydroxyl groups is 1. The monoisotopic (exact) mass is 310 g/mol. The Morgan fingerprint density at radius 1 is 1.24 bits per heavy atom. The number of anilines is 1. The summed E-state index contributed by atoms with van der Waals surface area (Å²) in [6.07, 6.45) is 2.98. The molecule has 0 aliphatic rings. The van der Waals surface area contributed by atoms with Gasteiger partial charge in [0.2, 0.25) is 0 Å². The van der Waals surface area contributed by atoms with E-state index in [2.05, 4.69) is 9.71 Å². The van der Waals surface area contributed by atoms with Gasteiger partial charge in [0, 0.05) is 11.8 Å². The standard InChI is InChI=1S/C14H15FN2O3S/c1-9-3-12(7-16-6-9)17-21(19,20)13-4-10(2)14(15)11(5-13)8-18/h3-7,17-18H,8H2,1-2H3. The normalized spacial score (nSPS) is 11.4. The second kappa shape index (κ2) is 5.79. The quantitative estimate of drug-likeness (QED) is 0.906. The fourth-order valence-electron chi connectivity index (χ4n) is 1.90. The fraction of sp³-hybridized carbons (Fsp3) is 0.214. The third-order valence-corrected chi connectivity index (χ3v) is 4.27. The number of hydrogen-bond donors (Lipinski definition) is 2. The Labute approximate surface area is 122 Å². The first-order valence-corrected chi connectivity index (χ1v) is 7.66. The van der Waals surface area contributed by atoms with Crippen LogP contribution in [0.15, 0.2) is 35.5 Å². The van der Waals surface area contributed by atoms with Crippen LogP contribution < -0.4 is 4.72 Å². The summed E-state index contributed by atoms with van der Waals surface area (Å²) in [4.78, 5) is 3.80. The molecular weight excluding hydrogens is 295 g/mol. The minimum Gasteiger partial charge on any atom is -0.392 e. The number of rotatable bonds is 4. The molecule has 0 aliphatic carbocycles. The molecule has 0 saturated heterocycles. The number of pyridine rings is 1. The van der Waals surface area contributed by atoms with E-state index in [-0.39, 0.29) is 16.0 Å². The number of nitrogens with zero attached hydrogens (tertiary/aromatic N) is 1. The van der Waals surface area contributed by atoms with Crippen LogP contribution in [0.25, 0.3) is 0 Å². The van der Waals surface area contributed by atoms with E-state index in [1.807, 2.05) is 0 Å². The number of sulfonamides is 1. The molecule has 2 N–H and O–H groups in total. The maximum Gasteiger partial charge on any atom is 0.261 e. The van der Waals surface area contributed by atoms with E-state index in [0.29, 0.717) is 5.69 Å². The third-order valence-electron chi connectivity index (χ3n) is 2.91. The molecule has 2 aromatic rings. The van der Waals surface area contributed by atoms with Crippen molar-refractivity contribution in [2.45, 2.75) is 25.3 Å². The number of nitrogens with one attached hydrogen (secondary N) is 1. The molecule has 7 heteroatoms. The zero-order valence-electron chi connectivity index (χ0n) is 11.6. The average molecular weight is 310 g/mol. The molecule has 0 amide bonds. The van der Waals surface area contributed by atoms with E-state index in [0.717, 1.165) is 11.6 Å². The van der Waals surface area contributed by atoms with Crippen molar-refractivity contribution < 1.29 is 17.9 Å². The van der Waals surface area contributed by atoms with Crippen molar-refractivity contribution >= 4 is 15.7 Å². The molecule has 0 saturated carbocycles. The topological polar surface area (TPSA) is 79.3 Å². The van der Waals surface area contributed by atoms with Crippen LogP contribution in [0, 0.1) is 19.7 Å². The zero-order valence-corrected chi connectivity index (χ0v) is 12.4. The van der Waals surface area contributed by atoms with E-state index in [1.54, 1.807) is 19.2 Å². The summed E-state index contributed by atoms with van der Waals surface area (Å²) in [5, 5.41) is 9.09. The molecule has 1 heterocycles. The maximum absolute atomic E-state index is 13.7. The highest BCUT2D eigenvalue weighted by atomic mass is 32.2. The van der Waals surface area contributed by atoms with Crippen LogP contribution in [0.5, 0.6) is 0 Å². The molecule has 0 aliphatic heterocycles. The molecule has 112 valence electrons. The first-order valence-electron chi connectivity index (χ1n) is 6.18. The summed E-state index contributed by atoms with van der Waals surface area (Å²) in [7, 11) is -3.87. The fourth-order valence-corrected chi connectivity index (χ4v) is 3.07. The lowest BCUT2D eigenvalue weighted by Gasteiger charge is -2.11. The van der Waals surface area contributed by atoms with Gasteiger partial charge in [-0.1, -0.05) is 0 Å². The van der Waals surface area contributed by atoms with Gasteiger partial charge >= 0.3 is 0 Å². The SMILES string of the molecule is Cc1cncc(NS(=O)(=O)c2cc(C)c(F)c(CO)c2)c1. The number of aliphatic hydroxyl groups excluding tert-OH is 1. The number of halogens is 1. The molecule has 1 aromatic heterocycles. The van der Waals surface area contributed by atoms with Crippen LogP contribution in [0.2, 0.25) is 0 Å². The van der Waals surface area contributed by atoms with E-state index >= 15 is 0 Å². The lowest BCUT2D eigenvalue weighted by molar-refractivity contribution is 0.275. The van der Waals surface area contributed by atoms with Crippen LogP contribution in [-0.4, -0.2) is 18.5 Å². The third kappa shape index (κ3) is 3.37. The molecule has 0 radical (unpaired) electrons. The highest BCUT2D eigenvalue weighted by molar-refractivity contribution is 7.92. The molecule has 1 aromatic carbocycles. The molecule has 0 spiro atoms. The Balaban J connectivity index is 2.42. The van der Waals surface area contributed by atoms with Crippen molar-refractivity contribution in [3.8, 4) is 0 Å². The van der Waals surface area contributed by atoms with Gasteiger partial charge in [-0.15, -0.1) is 0 Å². The predicted molar refractivity (Wildman–Crippen MR) is 76.8 cm³/mol. The first-order chi connectivity index (χ1) is 9.83. The van der Waals surface area contributed by atoms with Gasteiger partial charge in [0.25, 0.3) is 10.0 Å². The molecule has 5 nitrogen and oxygen atoms in total. The summed E-state index contributed by atoms with van der Waals surface area (Å²) >= 11 is 0. The summed E-state index contributed by atoms with van der Waals surface area (Å²) in [5.41, 5.74) is 1.23. The lowest BCUT2D eigenvalue weighted by atomic mass is 10.1. The summed E-state index contributed by atoms with van der Waals surface area (Å²) in [6.45, 7) is 2.67. The van der Waals surface area contributed by atoms with Crippen molar-refractivity contribution in [1.82, 2.24) is 4.98 Å². The number of aryl methyl sites for hydroxylation is 2. The first kappa shape index (κ1) is 15.4. The van der Waals surface area contributed by atoms with Gasteiger partial charge in [0.1, 0.15) is 5.82 Å². The Bertz CT molecular complexity index is 776. The van der Waals surface area contributed by atoms with Gasteiger partial charge in [0.15, 0.2) is 0 Å². The van der Waals surface area contributed by atoms with Crippen LogP contribution >= 0.6 is 0 Å². The van der Waals surface area contributed by atoms with Gasteiger partial charge < -0.3 is 5.11 Å². The summed E-state index contributed by atoms with van der Waals surface area (Å²) < 4.78 is 40.6. The summed E-state index contributed by atoms with van der Waals surface area (Å²) in [6, 6.07) is 3.97. The van der Waals surface area contributed by atoms with Crippen molar-refractivity contribution in [2.24, 2.45) is 0 Å². The van der Waals surface area contributed by atoms with Gasteiger partial charge in [-0.3, -0.25) is 9.71 Å². The Morgan fingerprint density at radius 2 is 1.95 bits per heavy atom. The smallest absolute Gasteiger partial charge is 0.261 e. The van der Waals surface area contributed by atoms with Gasteiger partial charge in [-0.25, -0.2) is 12.8 Å². The van der Waals surface area contributed by atoms with E-state index in [9.17, 15) is 12.8 Å². The highest BCUT2D eigenvalue weighted by Gasteiger charge is 2.18. The molecule has 0 bridgehead atoms. The Kier molecular flexibility index (Phi) is 4.24. The van der Waals surface area contributed by atoms with Crippen molar-refractivity contribution in [3.63, 3.8) is 0 Å². The average Bonchev–Trinajstić information content (AvgIpc) is 2.41. The second-order valence-corrected chi connectivity index (χ2v) is 6.41. The largest absolute Gasteiger partial charge is 0.392 e. The lowest BCUT2D eigenvalue weighted by Crippen LogP contribution is -2.14. The van der Waals surface area contributed by atoms with Crippen molar-refractivity contribution in [3.05, 3.63) is 53.1 Å². The van der Waals surface area contributed by atoms with Gasteiger partial charge in [-0.2, -0.15) is 0 Å². The number of hydrogen-bond acceptors (Lipinski definition) is 4. The van der Waals surface area contributed by atoms with E-state index in [4.69, 9.17) is 5.11 Å². The van der Waals surface area contributed by atoms with Gasteiger partial charge in [-0.05, 0) is 43.2 Å². The summed E-state index contributed by atoms with van der Waals surface area (Å²) in [5.74, 6) is -0.603. The molecule has 0 unspecified atom stereocenters. The van der Waals surface area contributed by atoms with Crippen LogP contribution in [0.3, 0.4) is 0 Å². The highest BCUT2D eigenvalue weighted by Crippen LogP contribution is 2.21. The molecule has 2 rings (SSSR count). The molecule has 21 heavy (non-hydrogen) atoms. The Hall–Kier alpha value is -1.99. The Morgan fingerprint density at radius 3 is 2.57 bits per heavy atom. The van der Waals surface area contributed by atoms with Crippen molar-refractivity contribution in [1.29, 1.82) is 0 Å². The molecular formula is C14H15FN2O3S. The predicted octanol–water partition coefficient (Wildman–Crippen LogP) is 2.13.